The van der Waals surface area contributed by atoms with Crippen molar-refractivity contribution >= 4 is 17.3 Å². The van der Waals surface area contributed by atoms with E-state index in [-0.39, 0.29) is 6.04 Å². The number of halogens is 1. The third-order valence-electron chi connectivity index (χ3n) is 2.62. The molecule has 0 saturated carbocycles. The fourth-order valence-corrected chi connectivity index (χ4v) is 1.92. The van der Waals surface area contributed by atoms with Crippen molar-refractivity contribution in [1.29, 1.82) is 0 Å². The minimum Gasteiger partial charge on any atom is -0.467 e. The second-order valence-electron chi connectivity index (χ2n) is 4.17. The lowest BCUT2D eigenvalue weighted by Crippen LogP contribution is -2.18. The molecular weight excluding hydrogens is 252 g/mol. The van der Waals surface area contributed by atoms with Crippen molar-refractivity contribution < 1.29 is 9.52 Å². The molecule has 2 aromatic rings. The molecule has 0 radical (unpaired) electrons. The molecule has 96 valence electrons. The summed E-state index contributed by atoms with van der Waals surface area (Å²) in [5, 5.41) is 13.7. The van der Waals surface area contributed by atoms with Crippen molar-refractivity contribution in [1.82, 2.24) is 4.98 Å². The van der Waals surface area contributed by atoms with Gasteiger partial charge >= 0.3 is 0 Å². The van der Waals surface area contributed by atoms with Gasteiger partial charge in [-0.3, -0.25) is 4.98 Å². The molecule has 2 atom stereocenters. The number of hydrogen-bond donors (Lipinski definition) is 2. The van der Waals surface area contributed by atoms with Gasteiger partial charge in [0, 0.05) is 24.9 Å². The van der Waals surface area contributed by atoms with E-state index in [1.807, 2.05) is 6.92 Å². The van der Waals surface area contributed by atoms with Gasteiger partial charge in [0.25, 0.3) is 0 Å². The maximum absolute atomic E-state index is 9.95. The van der Waals surface area contributed by atoms with Gasteiger partial charge in [0.2, 0.25) is 0 Å². The number of hydrogen-bond acceptors (Lipinski definition) is 4. The van der Waals surface area contributed by atoms with Crippen LogP contribution in [-0.2, 0) is 0 Å². The van der Waals surface area contributed by atoms with Gasteiger partial charge in [0.1, 0.15) is 11.9 Å². The van der Waals surface area contributed by atoms with Crippen LogP contribution in [0.1, 0.15) is 25.2 Å². The van der Waals surface area contributed by atoms with E-state index < -0.39 is 6.10 Å². The lowest BCUT2D eigenvalue weighted by molar-refractivity contribution is 0.136. The van der Waals surface area contributed by atoms with Crippen molar-refractivity contribution in [3.05, 3.63) is 47.6 Å². The molecule has 0 bridgehead atoms. The summed E-state index contributed by atoms with van der Waals surface area (Å²) < 4.78 is 5.16. The molecule has 18 heavy (non-hydrogen) atoms. The van der Waals surface area contributed by atoms with E-state index in [2.05, 4.69) is 10.3 Å². The van der Waals surface area contributed by atoms with Gasteiger partial charge in [-0.1, -0.05) is 11.6 Å². The number of rotatable bonds is 5. The third-order valence-corrected chi connectivity index (χ3v) is 2.92. The Morgan fingerprint density at radius 2 is 2.33 bits per heavy atom. The highest BCUT2D eigenvalue weighted by Crippen LogP contribution is 2.24. The number of aromatic nitrogens is 1. The summed E-state index contributed by atoms with van der Waals surface area (Å²) in [6.07, 6.45) is 4.72. The van der Waals surface area contributed by atoms with Crippen LogP contribution >= 0.6 is 11.6 Å². The summed E-state index contributed by atoms with van der Waals surface area (Å²) in [6.45, 7) is 1.98. The van der Waals surface area contributed by atoms with Crippen molar-refractivity contribution in [2.24, 2.45) is 0 Å². The predicted octanol–water partition coefficient (Wildman–Crippen LogP) is 3.25. The molecule has 0 aliphatic carbocycles. The SMILES string of the molecule is C[C@@H](C[C@@H](O)c1ccco1)Nc1ccncc1Cl. The van der Waals surface area contributed by atoms with Gasteiger partial charge in [-0.2, -0.15) is 0 Å². The Hall–Kier alpha value is -1.52. The third kappa shape index (κ3) is 3.24. The lowest BCUT2D eigenvalue weighted by Gasteiger charge is -2.18. The van der Waals surface area contributed by atoms with E-state index in [4.69, 9.17) is 16.0 Å². The Labute approximate surface area is 111 Å². The summed E-state index contributed by atoms with van der Waals surface area (Å²) in [5.41, 5.74) is 0.811. The zero-order valence-electron chi connectivity index (χ0n) is 10.0. The number of aliphatic hydroxyl groups is 1. The van der Waals surface area contributed by atoms with Crippen LogP contribution < -0.4 is 5.32 Å². The highest BCUT2D eigenvalue weighted by Gasteiger charge is 2.15. The molecule has 0 aliphatic heterocycles. The molecule has 4 nitrogen and oxygen atoms in total. The highest BCUT2D eigenvalue weighted by molar-refractivity contribution is 6.33. The van der Waals surface area contributed by atoms with Crippen LogP contribution in [0.2, 0.25) is 5.02 Å². The Morgan fingerprint density at radius 1 is 1.50 bits per heavy atom. The Morgan fingerprint density at radius 3 is 3.00 bits per heavy atom. The molecule has 0 aromatic carbocycles. The van der Waals surface area contributed by atoms with E-state index in [9.17, 15) is 5.11 Å². The van der Waals surface area contributed by atoms with Crippen molar-refractivity contribution in [2.75, 3.05) is 5.32 Å². The molecule has 2 rings (SSSR count). The minimum absolute atomic E-state index is 0.0602. The first-order valence-electron chi connectivity index (χ1n) is 5.74. The number of aliphatic hydroxyl groups excluding tert-OH is 1. The molecule has 2 N–H and O–H groups in total. The summed E-state index contributed by atoms with van der Waals surface area (Å²) in [4.78, 5) is 3.92. The van der Waals surface area contributed by atoms with E-state index in [0.29, 0.717) is 17.2 Å². The first-order chi connectivity index (χ1) is 8.66. The Bertz CT molecular complexity index is 487. The van der Waals surface area contributed by atoms with E-state index >= 15 is 0 Å². The number of nitrogens with zero attached hydrogens (tertiary/aromatic N) is 1. The second kappa shape index (κ2) is 5.89. The second-order valence-corrected chi connectivity index (χ2v) is 4.58. The maximum Gasteiger partial charge on any atom is 0.132 e. The van der Waals surface area contributed by atoms with Crippen LogP contribution in [0.4, 0.5) is 5.69 Å². The fourth-order valence-electron chi connectivity index (χ4n) is 1.75. The number of furan rings is 1. The molecule has 2 aromatic heterocycles. The van der Waals surface area contributed by atoms with Gasteiger partial charge in [-0.15, -0.1) is 0 Å². The Balaban J connectivity index is 1.93. The zero-order valence-corrected chi connectivity index (χ0v) is 10.8. The summed E-state index contributed by atoms with van der Waals surface area (Å²) in [5.74, 6) is 0.574. The maximum atomic E-state index is 9.95. The van der Waals surface area contributed by atoms with Gasteiger partial charge in [0.05, 0.1) is 17.0 Å². The molecular formula is C13H15ClN2O2. The first-order valence-corrected chi connectivity index (χ1v) is 6.12. The fraction of sp³-hybridized carbons (Fsp3) is 0.308. The van der Waals surface area contributed by atoms with E-state index in [1.165, 1.54) is 0 Å². The lowest BCUT2D eigenvalue weighted by atomic mass is 10.1. The topological polar surface area (TPSA) is 58.3 Å². The Kier molecular flexibility index (Phi) is 4.23. The molecule has 0 unspecified atom stereocenters. The average molecular weight is 267 g/mol. The van der Waals surface area contributed by atoms with Crippen molar-refractivity contribution in [3.63, 3.8) is 0 Å². The van der Waals surface area contributed by atoms with Crippen molar-refractivity contribution in [2.45, 2.75) is 25.5 Å². The largest absolute Gasteiger partial charge is 0.467 e. The summed E-state index contributed by atoms with van der Waals surface area (Å²) >= 11 is 6.00. The molecule has 0 fully saturated rings. The zero-order chi connectivity index (χ0) is 13.0. The van der Waals surface area contributed by atoms with Gasteiger partial charge in [-0.25, -0.2) is 0 Å². The van der Waals surface area contributed by atoms with Gasteiger partial charge < -0.3 is 14.8 Å². The molecule has 5 heteroatoms. The van der Waals surface area contributed by atoms with Gasteiger partial charge in [-0.05, 0) is 25.1 Å². The molecule has 2 heterocycles. The molecule has 0 aliphatic rings. The van der Waals surface area contributed by atoms with Crippen LogP contribution in [0, 0.1) is 0 Å². The van der Waals surface area contributed by atoms with E-state index in [0.717, 1.165) is 5.69 Å². The van der Waals surface area contributed by atoms with Crippen LogP contribution in [0.25, 0.3) is 0 Å². The van der Waals surface area contributed by atoms with Gasteiger partial charge in [0.15, 0.2) is 0 Å². The number of pyridine rings is 1. The number of nitrogens with one attached hydrogen (secondary N) is 1. The average Bonchev–Trinajstić information content (AvgIpc) is 2.85. The smallest absolute Gasteiger partial charge is 0.132 e. The van der Waals surface area contributed by atoms with Crippen molar-refractivity contribution in [3.8, 4) is 0 Å². The highest BCUT2D eigenvalue weighted by atomic mass is 35.5. The van der Waals surface area contributed by atoms with Crippen LogP contribution in [0.3, 0.4) is 0 Å². The first kappa shape index (κ1) is 12.9. The number of anilines is 1. The molecule has 0 amide bonds. The summed E-state index contributed by atoms with van der Waals surface area (Å²) in [7, 11) is 0. The monoisotopic (exact) mass is 266 g/mol. The predicted molar refractivity (Wildman–Crippen MR) is 70.6 cm³/mol. The van der Waals surface area contributed by atoms with Crippen LogP contribution in [-0.4, -0.2) is 16.1 Å². The molecule has 0 saturated heterocycles. The standard InChI is InChI=1S/C13H15ClN2O2/c1-9(7-12(17)13-3-2-6-18-13)16-11-4-5-15-8-10(11)14/h2-6,8-9,12,17H,7H2,1H3,(H,15,16)/t9-,12+/m0/s1. The van der Waals surface area contributed by atoms with Crippen LogP contribution in [0.15, 0.2) is 41.3 Å². The van der Waals surface area contributed by atoms with Crippen LogP contribution in [0.5, 0.6) is 0 Å². The van der Waals surface area contributed by atoms with E-state index in [1.54, 1.807) is 36.9 Å². The minimum atomic E-state index is -0.622. The summed E-state index contributed by atoms with van der Waals surface area (Å²) in [6, 6.07) is 5.38. The quantitative estimate of drug-likeness (QED) is 0.872. The molecule has 0 spiro atoms. The normalized spacial score (nSPS) is 14.2.